The molecule has 0 spiro atoms. The van der Waals surface area contributed by atoms with Gasteiger partial charge in [-0.05, 0) is 24.3 Å². The fourth-order valence-corrected chi connectivity index (χ4v) is 2.03. The molecule has 1 aromatic carbocycles. The Balaban J connectivity index is 2.36. The first kappa shape index (κ1) is 13.5. The number of hydrogen-bond acceptors (Lipinski definition) is 2. The van der Waals surface area contributed by atoms with Crippen molar-refractivity contribution in [2.75, 3.05) is 0 Å². The number of pyridine rings is 1. The molecule has 2 rings (SSSR count). The minimum absolute atomic E-state index is 0.0456. The number of nitrogens with zero attached hydrogens (tertiary/aromatic N) is 1. The van der Waals surface area contributed by atoms with Crippen LogP contribution in [0.15, 0.2) is 45.8 Å². The van der Waals surface area contributed by atoms with Gasteiger partial charge in [-0.15, -0.1) is 0 Å². The summed E-state index contributed by atoms with van der Waals surface area (Å²) in [6.07, 6.45) is 1.34. The van der Waals surface area contributed by atoms with Crippen molar-refractivity contribution in [2.24, 2.45) is 0 Å². The van der Waals surface area contributed by atoms with E-state index in [9.17, 15) is 14.0 Å². The number of carboxylic acids is 1. The molecular weight excluding hydrogens is 317 g/mol. The van der Waals surface area contributed by atoms with Gasteiger partial charge < -0.3 is 9.67 Å². The molecule has 4 nitrogen and oxygen atoms in total. The van der Waals surface area contributed by atoms with E-state index in [2.05, 4.69) is 15.9 Å². The maximum atomic E-state index is 13.6. The number of hydrogen-bond donors (Lipinski definition) is 1. The zero-order valence-corrected chi connectivity index (χ0v) is 11.2. The van der Waals surface area contributed by atoms with E-state index < -0.39 is 17.3 Å². The quantitative estimate of drug-likeness (QED) is 0.943. The first-order chi connectivity index (χ1) is 8.97. The second kappa shape index (κ2) is 5.36. The summed E-state index contributed by atoms with van der Waals surface area (Å²) in [5.74, 6) is -1.59. The van der Waals surface area contributed by atoms with Gasteiger partial charge in [0.25, 0.3) is 5.56 Å². The third-order valence-corrected chi connectivity index (χ3v) is 3.08. The minimum atomic E-state index is -1.17. The molecule has 1 heterocycles. The Hall–Kier alpha value is -1.95. The van der Waals surface area contributed by atoms with Gasteiger partial charge in [0.15, 0.2) is 0 Å². The van der Waals surface area contributed by atoms with E-state index in [0.717, 1.165) is 6.07 Å². The fraction of sp³-hybridized carbons (Fsp3) is 0.0769. The SMILES string of the molecule is O=C(O)c1ccn(Cc2cc(Br)ccc2F)c(=O)c1. The zero-order chi connectivity index (χ0) is 14.0. The standard InChI is InChI=1S/C13H9BrFNO3/c14-10-1-2-11(15)9(5-10)7-16-4-3-8(13(18)19)6-12(16)17/h1-6H,7H2,(H,18,19). The van der Waals surface area contributed by atoms with Crippen LogP contribution in [-0.4, -0.2) is 15.6 Å². The average molecular weight is 326 g/mol. The molecule has 0 aliphatic carbocycles. The largest absolute Gasteiger partial charge is 0.478 e. The van der Waals surface area contributed by atoms with Crippen LogP contribution in [0.2, 0.25) is 0 Å². The van der Waals surface area contributed by atoms with Gasteiger partial charge in [-0.1, -0.05) is 15.9 Å². The molecule has 19 heavy (non-hydrogen) atoms. The summed E-state index contributed by atoms with van der Waals surface area (Å²) < 4.78 is 15.5. The molecule has 1 aromatic heterocycles. The number of halogens is 2. The van der Waals surface area contributed by atoms with E-state index >= 15 is 0 Å². The molecule has 0 amide bonds. The molecule has 0 unspecified atom stereocenters. The van der Waals surface area contributed by atoms with Gasteiger partial charge in [0.1, 0.15) is 5.82 Å². The van der Waals surface area contributed by atoms with Crippen LogP contribution >= 0.6 is 15.9 Å². The molecule has 0 aliphatic heterocycles. The number of carbonyl (C=O) groups is 1. The van der Waals surface area contributed by atoms with Crippen molar-refractivity contribution >= 4 is 21.9 Å². The maximum Gasteiger partial charge on any atom is 0.335 e. The molecule has 2 aromatic rings. The predicted molar refractivity (Wildman–Crippen MR) is 70.9 cm³/mol. The normalized spacial score (nSPS) is 10.4. The average Bonchev–Trinajstić information content (AvgIpc) is 2.36. The molecule has 0 bridgehead atoms. The second-order valence-corrected chi connectivity index (χ2v) is 4.84. The van der Waals surface area contributed by atoms with Crippen molar-refractivity contribution in [1.29, 1.82) is 0 Å². The Morgan fingerprint density at radius 3 is 2.68 bits per heavy atom. The number of aromatic nitrogens is 1. The van der Waals surface area contributed by atoms with Gasteiger partial charge >= 0.3 is 5.97 Å². The molecule has 98 valence electrons. The topological polar surface area (TPSA) is 59.3 Å². The summed E-state index contributed by atoms with van der Waals surface area (Å²) in [5, 5.41) is 8.76. The van der Waals surface area contributed by atoms with Gasteiger partial charge in [0.05, 0.1) is 12.1 Å². The third kappa shape index (κ3) is 3.08. The summed E-state index contributed by atoms with van der Waals surface area (Å²) in [6.45, 7) is 0.0456. The zero-order valence-electron chi connectivity index (χ0n) is 9.64. The van der Waals surface area contributed by atoms with Gasteiger partial charge in [0, 0.05) is 22.3 Å². The van der Waals surface area contributed by atoms with Crippen LogP contribution in [0.3, 0.4) is 0 Å². The minimum Gasteiger partial charge on any atom is -0.478 e. The predicted octanol–water partition coefficient (Wildman–Crippen LogP) is 2.50. The van der Waals surface area contributed by atoms with E-state index in [1.165, 1.54) is 22.9 Å². The lowest BCUT2D eigenvalue weighted by Crippen LogP contribution is -2.21. The number of benzene rings is 1. The van der Waals surface area contributed by atoms with Crippen molar-refractivity contribution in [3.63, 3.8) is 0 Å². The Bertz CT molecular complexity index is 697. The molecule has 0 aliphatic rings. The smallest absolute Gasteiger partial charge is 0.335 e. The summed E-state index contributed by atoms with van der Waals surface area (Å²) >= 11 is 3.23. The number of aromatic carboxylic acids is 1. The van der Waals surface area contributed by atoms with Gasteiger partial charge in [-0.2, -0.15) is 0 Å². The third-order valence-electron chi connectivity index (χ3n) is 2.59. The summed E-state index contributed by atoms with van der Waals surface area (Å²) in [6, 6.07) is 6.76. The lowest BCUT2D eigenvalue weighted by Gasteiger charge is -2.07. The fourth-order valence-electron chi connectivity index (χ4n) is 1.62. The highest BCUT2D eigenvalue weighted by Gasteiger charge is 2.08. The van der Waals surface area contributed by atoms with Crippen molar-refractivity contribution in [3.05, 3.63) is 68.3 Å². The Kier molecular flexibility index (Phi) is 3.80. The molecule has 1 N–H and O–H groups in total. The van der Waals surface area contributed by atoms with Crippen LogP contribution in [0.25, 0.3) is 0 Å². The van der Waals surface area contributed by atoms with E-state index in [1.807, 2.05) is 0 Å². The molecule has 0 atom stereocenters. The van der Waals surface area contributed by atoms with Gasteiger partial charge in [-0.25, -0.2) is 9.18 Å². The first-order valence-corrected chi connectivity index (χ1v) is 6.14. The Morgan fingerprint density at radius 2 is 2.05 bits per heavy atom. The summed E-state index contributed by atoms with van der Waals surface area (Å²) in [4.78, 5) is 22.4. The van der Waals surface area contributed by atoms with E-state index in [0.29, 0.717) is 10.0 Å². The highest BCUT2D eigenvalue weighted by atomic mass is 79.9. The van der Waals surface area contributed by atoms with Crippen molar-refractivity contribution in [1.82, 2.24) is 4.57 Å². The highest BCUT2D eigenvalue weighted by Crippen LogP contribution is 2.16. The van der Waals surface area contributed by atoms with E-state index in [1.54, 1.807) is 12.1 Å². The molecule has 0 radical (unpaired) electrons. The molecule has 0 saturated carbocycles. The molecule has 0 fully saturated rings. The van der Waals surface area contributed by atoms with E-state index in [4.69, 9.17) is 5.11 Å². The van der Waals surface area contributed by atoms with Crippen LogP contribution < -0.4 is 5.56 Å². The van der Waals surface area contributed by atoms with Crippen LogP contribution in [0, 0.1) is 5.82 Å². The van der Waals surface area contributed by atoms with E-state index in [-0.39, 0.29) is 12.1 Å². The number of rotatable bonds is 3. The van der Waals surface area contributed by atoms with Gasteiger partial charge in [-0.3, -0.25) is 4.79 Å². The van der Waals surface area contributed by atoms with Crippen LogP contribution in [0.5, 0.6) is 0 Å². The molecule has 0 saturated heterocycles. The lowest BCUT2D eigenvalue weighted by molar-refractivity contribution is 0.0696. The lowest BCUT2D eigenvalue weighted by atomic mass is 10.2. The van der Waals surface area contributed by atoms with Crippen LogP contribution in [0.4, 0.5) is 4.39 Å². The van der Waals surface area contributed by atoms with Gasteiger partial charge in [0.2, 0.25) is 0 Å². The van der Waals surface area contributed by atoms with Crippen molar-refractivity contribution < 1.29 is 14.3 Å². The Morgan fingerprint density at radius 1 is 1.32 bits per heavy atom. The van der Waals surface area contributed by atoms with Crippen molar-refractivity contribution in [2.45, 2.75) is 6.54 Å². The summed E-state index contributed by atoms with van der Waals surface area (Å²) in [7, 11) is 0. The van der Waals surface area contributed by atoms with Crippen molar-refractivity contribution in [3.8, 4) is 0 Å². The monoisotopic (exact) mass is 325 g/mol. The molecular formula is C13H9BrFNO3. The first-order valence-electron chi connectivity index (χ1n) is 5.35. The molecule has 6 heteroatoms. The Labute approximate surface area is 116 Å². The van der Waals surface area contributed by atoms with Crippen LogP contribution in [0.1, 0.15) is 15.9 Å². The second-order valence-electron chi connectivity index (χ2n) is 3.92. The number of carboxylic acid groups (broad SMARTS) is 1. The maximum absolute atomic E-state index is 13.6. The highest BCUT2D eigenvalue weighted by molar-refractivity contribution is 9.10. The summed E-state index contributed by atoms with van der Waals surface area (Å²) in [5.41, 5.74) is -0.227. The van der Waals surface area contributed by atoms with Crippen LogP contribution in [-0.2, 0) is 6.54 Å².